The summed E-state index contributed by atoms with van der Waals surface area (Å²) in [5, 5.41) is 0. The topological polar surface area (TPSA) is 16.1 Å². The van der Waals surface area contributed by atoms with E-state index in [-0.39, 0.29) is 5.82 Å². The second kappa shape index (κ2) is 6.14. The first-order valence-electron chi connectivity index (χ1n) is 7.22. The van der Waals surface area contributed by atoms with Crippen LogP contribution < -0.4 is 0 Å². The van der Waals surface area contributed by atoms with Crippen molar-refractivity contribution in [3.05, 3.63) is 65.7 Å². The van der Waals surface area contributed by atoms with Gasteiger partial charge in [0.15, 0.2) is 0 Å². The molecule has 1 fully saturated rings. The summed E-state index contributed by atoms with van der Waals surface area (Å²) in [6, 6.07) is 13.4. The number of hydrogen-bond donors (Lipinski definition) is 0. The highest BCUT2D eigenvalue weighted by Crippen LogP contribution is 2.31. The van der Waals surface area contributed by atoms with Crippen LogP contribution in [0.2, 0.25) is 0 Å². The Balaban J connectivity index is 1.65. The summed E-state index contributed by atoms with van der Waals surface area (Å²) < 4.78 is 13.0. The summed E-state index contributed by atoms with van der Waals surface area (Å²) in [6.45, 7) is 2.13. The molecule has 3 rings (SSSR count). The number of nitrogens with zero attached hydrogens (tertiary/aromatic N) is 2. The largest absolute Gasteiger partial charge is 0.296 e. The van der Waals surface area contributed by atoms with Crippen molar-refractivity contribution in [2.75, 3.05) is 13.1 Å². The number of benzene rings is 1. The van der Waals surface area contributed by atoms with E-state index in [9.17, 15) is 4.39 Å². The van der Waals surface area contributed by atoms with E-state index in [1.165, 1.54) is 12.0 Å². The van der Waals surface area contributed by atoms with E-state index >= 15 is 0 Å². The summed E-state index contributed by atoms with van der Waals surface area (Å²) in [5.74, 6) is -0.160. The van der Waals surface area contributed by atoms with Crippen LogP contribution in [0.25, 0.3) is 0 Å². The van der Waals surface area contributed by atoms with Crippen molar-refractivity contribution in [3.8, 4) is 0 Å². The first-order chi connectivity index (χ1) is 9.83. The maximum Gasteiger partial charge on any atom is 0.123 e. The Bertz CT molecular complexity index is 539. The van der Waals surface area contributed by atoms with Crippen LogP contribution in [-0.4, -0.2) is 23.0 Å². The minimum absolute atomic E-state index is 0.160. The van der Waals surface area contributed by atoms with Crippen LogP contribution in [0.1, 0.15) is 30.1 Å². The molecular formula is C17H19FN2. The first-order valence-corrected chi connectivity index (χ1v) is 7.22. The Morgan fingerprint density at radius 3 is 2.75 bits per heavy atom. The number of hydrogen-bond acceptors (Lipinski definition) is 2. The molecule has 104 valence electrons. The minimum atomic E-state index is -0.160. The number of pyridine rings is 1. The van der Waals surface area contributed by atoms with E-state index < -0.39 is 0 Å². The smallest absolute Gasteiger partial charge is 0.123 e. The molecule has 1 aliphatic rings. The quantitative estimate of drug-likeness (QED) is 0.844. The van der Waals surface area contributed by atoms with Crippen LogP contribution in [0.3, 0.4) is 0 Å². The number of likely N-dealkylation sites (tertiary alicyclic amines) is 1. The zero-order valence-electron chi connectivity index (χ0n) is 11.5. The van der Waals surface area contributed by atoms with Gasteiger partial charge in [-0.2, -0.15) is 0 Å². The highest BCUT2D eigenvalue weighted by molar-refractivity contribution is 5.21. The molecule has 1 aromatic carbocycles. The second-order valence-corrected chi connectivity index (χ2v) is 5.32. The Labute approximate surface area is 119 Å². The van der Waals surface area contributed by atoms with Gasteiger partial charge in [0, 0.05) is 30.9 Å². The van der Waals surface area contributed by atoms with Gasteiger partial charge in [-0.3, -0.25) is 9.88 Å². The van der Waals surface area contributed by atoms with Gasteiger partial charge in [-0.05, 0) is 49.2 Å². The predicted molar refractivity (Wildman–Crippen MR) is 77.9 cm³/mol. The molecule has 2 heterocycles. The SMILES string of the molecule is Fc1ccc(C2CCCN2CCc2ccccn2)cc1. The van der Waals surface area contributed by atoms with Crippen LogP contribution in [0.5, 0.6) is 0 Å². The Kier molecular flexibility index (Phi) is 4.07. The van der Waals surface area contributed by atoms with Gasteiger partial charge in [-0.15, -0.1) is 0 Å². The van der Waals surface area contributed by atoms with Crippen LogP contribution in [-0.2, 0) is 6.42 Å². The average molecular weight is 270 g/mol. The molecule has 1 unspecified atom stereocenters. The third-order valence-corrected chi connectivity index (χ3v) is 4.00. The van der Waals surface area contributed by atoms with Gasteiger partial charge >= 0.3 is 0 Å². The predicted octanol–water partition coefficient (Wildman–Crippen LogP) is 3.60. The zero-order valence-corrected chi connectivity index (χ0v) is 11.5. The lowest BCUT2D eigenvalue weighted by Crippen LogP contribution is -2.25. The zero-order chi connectivity index (χ0) is 13.8. The normalized spacial score (nSPS) is 19.4. The van der Waals surface area contributed by atoms with Crippen molar-refractivity contribution in [2.24, 2.45) is 0 Å². The second-order valence-electron chi connectivity index (χ2n) is 5.32. The van der Waals surface area contributed by atoms with Gasteiger partial charge in [0.25, 0.3) is 0 Å². The van der Waals surface area contributed by atoms with Crippen LogP contribution >= 0.6 is 0 Å². The van der Waals surface area contributed by atoms with Crippen LogP contribution in [0.4, 0.5) is 4.39 Å². The molecule has 0 saturated carbocycles. The molecule has 0 N–H and O–H groups in total. The summed E-state index contributed by atoms with van der Waals surface area (Å²) in [7, 11) is 0. The Hall–Kier alpha value is -1.74. The highest BCUT2D eigenvalue weighted by Gasteiger charge is 2.25. The monoisotopic (exact) mass is 270 g/mol. The maximum absolute atomic E-state index is 13.0. The van der Waals surface area contributed by atoms with Crippen molar-refractivity contribution >= 4 is 0 Å². The molecular weight excluding hydrogens is 251 g/mol. The number of aromatic nitrogens is 1. The lowest BCUT2D eigenvalue weighted by Gasteiger charge is -2.24. The van der Waals surface area contributed by atoms with Crippen molar-refractivity contribution in [3.63, 3.8) is 0 Å². The summed E-state index contributed by atoms with van der Waals surface area (Å²) >= 11 is 0. The molecule has 0 aliphatic carbocycles. The molecule has 1 aliphatic heterocycles. The summed E-state index contributed by atoms with van der Waals surface area (Å²) in [6.07, 6.45) is 5.19. The molecule has 20 heavy (non-hydrogen) atoms. The summed E-state index contributed by atoms with van der Waals surface area (Å²) in [5.41, 5.74) is 2.36. The average Bonchev–Trinajstić information content (AvgIpc) is 2.95. The van der Waals surface area contributed by atoms with Crippen LogP contribution in [0, 0.1) is 5.82 Å². The lowest BCUT2D eigenvalue weighted by molar-refractivity contribution is 0.259. The van der Waals surface area contributed by atoms with E-state index in [0.29, 0.717) is 6.04 Å². The van der Waals surface area contributed by atoms with Crippen molar-refractivity contribution in [2.45, 2.75) is 25.3 Å². The molecule has 1 saturated heterocycles. The third-order valence-electron chi connectivity index (χ3n) is 4.00. The van der Waals surface area contributed by atoms with Crippen molar-refractivity contribution < 1.29 is 4.39 Å². The standard InChI is InChI=1S/C17H19FN2/c18-15-8-6-14(7-9-15)17-5-3-12-20(17)13-10-16-4-1-2-11-19-16/h1-2,4,6-9,11,17H,3,5,10,12-13H2. The molecule has 0 radical (unpaired) electrons. The third kappa shape index (κ3) is 3.05. The molecule has 3 heteroatoms. The fraction of sp³-hybridized carbons (Fsp3) is 0.353. The number of halogens is 1. The van der Waals surface area contributed by atoms with Gasteiger partial charge in [0.1, 0.15) is 5.82 Å². The molecule has 0 spiro atoms. The minimum Gasteiger partial charge on any atom is -0.296 e. The lowest BCUT2D eigenvalue weighted by atomic mass is 10.0. The van der Waals surface area contributed by atoms with E-state index in [1.807, 2.05) is 30.5 Å². The summed E-state index contributed by atoms with van der Waals surface area (Å²) in [4.78, 5) is 6.86. The molecule has 0 amide bonds. The Morgan fingerprint density at radius 1 is 1.15 bits per heavy atom. The molecule has 2 aromatic rings. The van der Waals surface area contributed by atoms with Gasteiger partial charge < -0.3 is 0 Å². The fourth-order valence-corrected chi connectivity index (χ4v) is 2.96. The van der Waals surface area contributed by atoms with E-state index in [2.05, 4.69) is 16.0 Å². The van der Waals surface area contributed by atoms with Crippen LogP contribution in [0.15, 0.2) is 48.7 Å². The first kappa shape index (κ1) is 13.3. The molecule has 1 aromatic heterocycles. The maximum atomic E-state index is 13.0. The fourth-order valence-electron chi connectivity index (χ4n) is 2.96. The van der Waals surface area contributed by atoms with E-state index in [4.69, 9.17) is 0 Å². The van der Waals surface area contributed by atoms with E-state index in [0.717, 1.165) is 31.6 Å². The van der Waals surface area contributed by atoms with Gasteiger partial charge in [0.05, 0.1) is 0 Å². The van der Waals surface area contributed by atoms with Gasteiger partial charge in [0.2, 0.25) is 0 Å². The van der Waals surface area contributed by atoms with Crippen molar-refractivity contribution in [1.82, 2.24) is 9.88 Å². The Morgan fingerprint density at radius 2 is 2.00 bits per heavy atom. The van der Waals surface area contributed by atoms with Gasteiger partial charge in [-0.25, -0.2) is 4.39 Å². The molecule has 1 atom stereocenters. The molecule has 0 bridgehead atoms. The molecule has 2 nitrogen and oxygen atoms in total. The van der Waals surface area contributed by atoms with Crippen molar-refractivity contribution in [1.29, 1.82) is 0 Å². The number of rotatable bonds is 4. The van der Waals surface area contributed by atoms with Gasteiger partial charge in [-0.1, -0.05) is 18.2 Å². The van der Waals surface area contributed by atoms with E-state index in [1.54, 1.807) is 12.1 Å². The highest BCUT2D eigenvalue weighted by atomic mass is 19.1.